The zero-order valence-electron chi connectivity index (χ0n) is 5.87. The normalized spacial score (nSPS) is 8.25. The summed E-state index contributed by atoms with van der Waals surface area (Å²) in [5.41, 5.74) is 0. The van der Waals surface area contributed by atoms with Crippen molar-refractivity contribution in [3.8, 4) is 0 Å². The fourth-order valence-corrected chi connectivity index (χ4v) is 0.677. The van der Waals surface area contributed by atoms with Crippen molar-refractivity contribution in [3.05, 3.63) is 0 Å². The summed E-state index contributed by atoms with van der Waals surface area (Å²) in [6.07, 6.45) is 7.01. The Hall–Kier alpha value is 0.506. The van der Waals surface area contributed by atoms with Crippen molar-refractivity contribution in [1.82, 2.24) is 0 Å². The van der Waals surface area contributed by atoms with E-state index in [0.29, 0.717) is 0 Å². The van der Waals surface area contributed by atoms with Crippen LogP contribution in [-0.4, -0.2) is 0 Å². The van der Waals surface area contributed by atoms with Crippen molar-refractivity contribution < 1.29 is 16.8 Å². The summed E-state index contributed by atoms with van der Waals surface area (Å²) in [5.74, 6) is 0. The van der Waals surface area contributed by atoms with Gasteiger partial charge < -0.3 is 0 Å². The van der Waals surface area contributed by atoms with Gasteiger partial charge in [0.1, 0.15) is 0 Å². The molecule has 8 heavy (non-hydrogen) atoms. The first kappa shape index (κ1) is 11.3. The summed E-state index contributed by atoms with van der Waals surface area (Å²) in [4.78, 5) is 0. The van der Waals surface area contributed by atoms with Gasteiger partial charge in [-0.15, -0.1) is 0 Å². The summed E-state index contributed by atoms with van der Waals surface area (Å²) in [7, 11) is 0. The van der Waals surface area contributed by atoms with Gasteiger partial charge >= 0.3 is 0 Å². The van der Waals surface area contributed by atoms with Crippen LogP contribution in [0, 0.1) is 0 Å². The van der Waals surface area contributed by atoms with E-state index in [4.69, 9.17) is 0 Å². The van der Waals surface area contributed by atoms with Crippen molar-refractivity contribution in [1.29, 1.82) is 0 Å². The molecule has 0 nitrogen and oxygen atoms in total. The molecule has 0 saturated heterocycles. The molecule has 0 saturated carbocycles. The Kier molecular flexibility index (Phi) is 14.8. The summed E-state index contributed by atoms with van der Waals surface area (Å²) >= 11 is 0. The quantitative estimate of drug-likeness (QED) is 0.553. The fourth-order valence-electron chi connectivity index (χ4n) is 0.677. The Morgan fingerprint density at radius 2 is 1.12 bits per heavy atom. The minimum Gasteiger partial charge on any atom is -0.0654 e. The van der Waals surface area contributed by atoms with Crippen molar-refractivity contribution in [2.24, 2.45) is 0 Å². The molecule has 0 bridgehead atoms. The van der Waals surface area contributed by atoms with E-state index in [2.05, 4.69) is 13.8 Å². The summed E-state index contributed by atoms with van der Waals surface area (Å²) in [6.45, 7) is 4.49. The average Bonchev–Trinajstić information content (AvgIpc) is 1.69. The largest absolute Gasteiger partial charge is 0.0654 e. The second-order valence-corrected chi connectivity index (χ2v) is 2.06. The van der Waals surface area contributed by atoms with E-state index in [1.807, 2.05) is 0 Å². The summed E-state index contributed by atoms with van der Waals surface area (Å²) in [6, 6.07) is 0. The number of unbranched alkanes of at least 4 members (excludes halogenated alkanes) is 4. The van der Waals surface area contributed by atoms with Gasteiger partial charge in [-0.05, 0) is 0 Å². The van der Waals surface area contributed by atoms with Crippen molar-refractivity contribution >= 4 is 0 Å². The molecule has 0 aromatic heterocycles. The minimum absolute atomic E-state index is 0. The molecule has 0 atom stereocenters. The van der Waals surface area contributed by atoms with E-state index in [9.17, 15) is 0 Å². The predicted molar refractivity (Wildman–Crippen MR) is 34.4 cm³/mol. The zero-order valence-corrected chi connectivity index (χ0v) is 6.91. The Balaban J connectivity index is 0. The van der Waals surface area contributed by atoms with Gasteiger partial charge in [-0.1, -0.05) is 46.0 Å². The van der Waals surface area contributed by atoms with Gasteiger partial charge in [0, 0.05) is 16.8 Å². The van der Waals surface area contributed by atoms with Crippen LogP contribution >= 0.6 is 0 Å². The van der Waals surface area contributed by atoms with Gasteiger partial charge in [-0.3, -0.25) is 0 Å². The predicted octanol–water partition coefficient (Wildman–Crippen LogP) is 2.97. The van der Waals surface area contributed by atoms with E-state index < -0.39 is 0 Å². The number of hydrogen-bond donors (Lipinski definition) is 0. The summed E-state index contributed by atoms with van der Waals surface area (Å²) < 4.78 is 0. The monoisotopic (exact) mass is 159 g/mol. The molecular weight excluding hydrogens is 143 g/mol. The third-order valence-corrected chi connectivity index (χ3v) is 1.21. The van der Waals surface area contributed by atoms with E-state index >= 15 is 0 Å². The molecule has 1 heteroatoms. The standard InChI is InChI=1S/C7H16.Co/c1-3-5-7-6-4-2;/h3-7H2,1-2H3;. The number of hydrogen-bond acceptors (Lipinski definition) is 0. The van der Waals surface area contributed by atoms with Crippen LogP contribution < -0.4 is 0 Å². The van der Waals surface area contributed by atoms with Gasteiger partial charge in [0.2, 0.25) is 0 Å². The third kappa shape index (κ3) is 9.71. The second kappa shape index (κ2) is 10.5. The van der Waals surface area contributed by atoms with Crippen LogP contribution in [0.3, 0.4) is 0 Å². The van der Waals surface area contributed by atoms with Crippen LogP contribution in [0.4, 0.5) is 0 Å². The van der Waals surface area contributed by atoms with E-state index in [1.54, 1.807) is 0 Å². The molecule has 0 aliphatic heterocycles. The SMILES string of the molecule is CCCCCCC.[Co]. The Morgan fingerprint density at radius 3 is 1.38 bits per heavy atom. The van der Waals surface area contributed by atoms with E-state index in [1.165, 1.54) is 32.1 Å². The van der Waals surface area contributed by atoms with Gasteiger partial charge in [-0.2, -0.15) is 0 Å². The first-order valence-electron chi connectivity index (χ1n) is 3.41. The first-order valence-corrected chi connectivity index (χ1v) is 3.41. The molecule has 53 valence electrons. The average molecular weight is 159 g/mol. The molecular formula is C7H16Co. The molecule has 0 rings (SSSR count). The maximum atomic E-state index is 2.25. The zero-order chi connectivity index (χ0) is 5.54. The topological polar surface area (TPSA) is 0 Å². The molecule has 0 N–H and O–H groups in total. The maximum Gasteiger partial charge on any atom is 0 e. The maximum absolute atomic E-state index is 2.25. The van der Waals surface area contributed by atoms with Crippen molar-refractivity contribution in [3.63, 3.8) is 0 Å². The summed E-state index contributed by atoms with van der Waals surface area (Å²) in [5, 5.41) is 0. The Morgan fingerprint density at radius 1 is 0.750 bits per heavy atom. The van der Waals surface area contributed by atoms with Crippen LogP contribution in [0.1, 0.15) is 46.0 Å². The van der Waals surface area contributed by atoms with E-state index in [0.717, 1.165) is 0 Å². The molecule has 0 unspecified atom stereocenters. The third-order valence-electron chi connectivity index (χ3n) is 1.21. The molecule has 0 fully saturated rings. The Bertz CT molecular complexity index is 23.6. The van der Waals surface area contributed by atoms with Crippen LogP contribution in [0.2, 0.25) is 0 Å². The van der Waals surface area contributed by atoms with Crippen molar-refractivity contribution in [2.75, 3.05) is 0 Å². The molecule has 0 spiro atoms. The van der Waals surface area contributed by atoms with Gasteiger partial charge in [0.05, 0.1) is 0 Å². The molecule has 0 amide bonds. The van der Waals surface area contributed by atoms with Crippen LogP contribution in [0.5, 0.6) is 0 Å². The minimum atomic E-state index is 0. The number of rotatable bonds is 4. The van der Waals surface area contributed by atoms with Crippen LogP contribution in [0.15, 0.2) is 0 Å². The van der Waals surface area contributed by atoms with Crippen LogP contribution in [-0.2, 0) is 16.8 Å². The fraction of sp³-hybridized carbons (Fsp3) is 1.00. The smallest absolute Gasteiger partial charge is 0 e. The van der Waals surface area contributed by atoms with Crippen molar-refractivity contribution in [2.45, 2.75) is 46.0 Å². The molecule has 0 aliphatic carbocycles. The van der Waals surface area contributed by atoms with Gasteiger partial charge in [-0.25, -0.2) is 0 Å². The molecule has 0 aliphatic rings. The Labute approximate surface area is 63.2 Å². The first-order chi connectivity index (χ1) is 3.41. The van der Waals surface area contributed by atoms with Gasteiger partial charge in [0.15, 0.2) is 0 Å². The molecule has 1 radical (unpaired) electrons. The molecule has 0 heterocycles. The molecule has 0 aromatic carbocycles. The van der Waals surface area contributed by atoms with E-state index in [-0.39, 0.29) is 16.8 Å². The molecule has 0 aromatic rings. The van der Waals surface area contributed by atoms with Crippen LogP contribution in [0.25, 0.3) is 0 Å². The van der Waals surface area contributed by atoms with Gasteiger partial charge in [0.25, 0.3) is 0 Å². The second-order valence-electron chi connectivity index (χ2n) is 2.06.